The molecule has 0 aliphatic carbocycles. The van der Waals surface area contributed by atoms with Crippen LogP contribution in [0, 0.1) is 0 Å². The number of hydrogen-bond acceptors (Lipinski definition) is 4. The molecule has 1 rings (SSSR count). The zero-order valence-corrected chi connectivity index (χ0v) is 14.2. The van der Waals surface area contributed by atoms with Crippen molar-refractivity contribution in [3.8, 4) is 0 Å². The van der Waals surface area contributed by atoms with E-state index < -0.39 is 0 Å². The van der Waals surface area contributed by atoms with Gasteiger partial charge in [-0.05, 0) is 57.2 Å². The van der Waals surface area contributed by atoms with Crippen LogP contribution in [-0.2, 0) is 9.53 Å². The van der Waals surface area contributed by atoms with Crippen molar-refractivity contribution in [3.63, 3.8) is 0 Å². The van der Waals surface area contributed by atoms with E-state index in [4.69, 9.17) is 4.74 Å². The number of ether oxygens (including phenoxy) is 1. The predicted molar refractivity (Wildman–Crippen MR) is 89.7 cm³/mol. The van der Waals surface area contributed by atoms with Crippen LogP contribution in [0.2, 0.25) is 0 Å². The van der Waals surface area contributed by atoms with Crippen LogP contribution in [0.15, 0.2) is 29.2 Å². The molecule has 1 aromatic rings. The number of benzene rings is 1. The number of thioether (sulfide) groups is 1. The van der Waals surface area contributed by atoms with Crippen molar-refractivity contribution >= 4 is 17.7 Å². The summed E-state index contributed by atoms with van der Waals surface area (Å²) in [5, 5.41) is 3.24. The van der Waals surface area contributed by atoms with Gasteiger partial charge in [0.25, 0.3) is 0 Å². The molecule has 0 aliphatic rings. The van der Waals surface area contributed by atoms with E-state index in [1.807, 2.05) is 25.7 Å². The van der Waals surface area contributed by atoms with Gasteiger partial charge in [0, 0.05) is 17.4 Å². The summed E-state index contributed by atoms with van der Waals surface area (Å²) >= 11 is 1.88. The highest BCUT2D eigenvalue weighted by Crippen LogP contribution is 2.22. The molecule has 0 fully saturated rings. The second-order valence-corrected chi connectivity index (χ2v) is 6.21. The lowest BCUT2D eigenvalue weighted by Gasteiger charge is -2.11. The molecule has 1 aromatic carbocycles. The minimum Gasteiger partial charge on any atom is -0.466 e. The summed E-state index contributed by atoms with van der Waals surface area (Å²) in [5.74, 6) is 1.03. The molecule has 3 nitrogen and oxygen atoms in total. The number of esters is 1. The van der Waals surface area contributed by atoms with E-state index in [2.05, 4.69) is 36.5 Å². The molecule has 1 unspecified atom stereocenters. The lowest BCUT2D eigenvalue weighted by molar-refractivity contribution is -0.143. The molecule has 0 aromatic heterocycles. The molecule has 21 heavy (non-hydrogen) atoms. The number of hydrogen-bond donors (Lipinski definition) is 1. The van der Waals surface area contributed by atoms with E-state index >= 15 is 0 Å². The minimum atomic E-state index is -0.0700. The second-order valence-electron chi connectivity index (χ2n) is 5.04. The fourth-order valence-corrected chi connectivity index (χ4v) is 2.90. The fraction of sp³-hybridized carbons (Fsp3) is 0.588. The van der Waals surface area contributed by atoms with E-state index in [1.54, 1.807) is 0 Å². The third-order valence-electron chi connectivity index (χ3n) is 3.41. The zero-order valence-electron chi connectivity index (χ0n) is 13.4. The van der Waals surface area contributed by atoms with E-state index in [9.17, 15) is 4.79 Å². The Bertz CT molecular complexity index is 406. The molecular formula is C17H27NO2S. The average Bonchev–Trinajstić information content (AvgIpc) is 2.51. The van der Waals surface area contributed by atoms with Crippen molar-refractivity contribution in [2.45, 2.75) is 50.5 Å². The number of carbonyl (C=O) groups excluding carboxylic acids is 1. The van der Waals surface area contributed by atoms with Gasteiger partial charge in [0.05, 0.1) is 6.61 Å². The van der Waals surface area contributed by atoms with Crippen LogP contribution in [0.5, 0.6) is 0 Å². The number of unbranched alkanes of at least 4 members (excludes halogenated alkanes) is 2. The van der Waals surface area contributed by atoms with Gasteiger partial charge in [-0.25, -0.2) is 0 Å². The topological polar surface area (TPSA) is 38.3 Å². The molecule has 1 N–H and O–H groups in total. The fourth-order valence-electron chi connectivity index (χ4n) is 1.99. The number of carbonyl (C=O) groups is 1. The standard InChI is InChI=1S/C17H27NO2S/c1-4-20-17(19)8-6-5-7-13-21-16-11-9-15(10-12-16)14(2)18-3/h9-12,14,18H,4-8,13H2,1-3H3. The summed E-state index contributed by atoms with van der Waals surface area (Å²) in [6, 6.07) is 9.14. The van der Waals surface area contributed by atoms with Gasteiger partial charge in [0.1, 0.15) is 0 Å². The van der Waals surface area contributed by atoms with Gasteiger partial charge < -0.3 is 10.1 Å². The summed E-state index contributed by atoms with van der Waals surface area (Å²) in [4.78, 5) is 12.5. The monoisotopic (exact) mass is 309 g/mol. The largest absolute Gasteiger partial charge is 0.466 e. The van der Waals surface area contributed by atoms with Crippen molar-refractivity contribution in [1.29, 1.82) is 0 Å². The van der Waals surface area contributed by atoms with Gasteiger partial charge in [-0.15, -0.1) is 11.8 Å². The maximum Gasteiger partial charge on any atom is 0.305 e. The van der Waals surface area contributed by atoms with Crippen LogP contribution in [0.4, 0.5) is 0 Å². The van der Waals surface area contributed by atoms with Crippen LogP contribution >= 0.6 is 11.8 Å². The van der Waals surface area contributed by atoms with Crippen LogP contribution in [-0.4, -0.2) is 25.4 Å². The molecule has 0 heterocycles. The smallest absolute Gasteiger partial charge is 0.305 e. The summed E-state index contributed by atoms with van der Waals surface area (Å²) < 4.78 is 4.91. The normalized spacial score (nSPS) is 12.1. The molecule has 0 radical (unpaired) electrons. The van der Waals surface area contributed by atoms with Crippen LogP contribution in [0.25, 0.3) is 0 Å². The number of nitrogens with one attached hydrogen (secondary N) is 1. The second kappa shape index (κ2) is 10.7. The van der Waals surface area contributed by atoms with Crippen LogP contribution in [0.3, 0.4) is 0 Å². The zero-order chi connectivity index (χ0) is 15.5. The van der Waals surface area contributed by atoms with Crippen LogP contribution < -0.4 is 5.32 Å². The molecule has 0 amide bonds. The van der Waals surface area contributed by atoms with E-state index in [0.29, 0.717) is 19.1 Å². The quantitative estimate of drug-likeness (QED) is 0.400. The molecular weight excluding hydrogens is 282 g/mol. The average molecular weight is 309 g/mol. The predicted octanol–water partition coefficient (Wildman–Crippen LogP) is 4.18. The van der Waals surface area contributed by atoms with Gasteiger partial charge in [-0.3, -0.25) is 4.79 Å². The van der Waals surface area contributed by atoms with Crippen molar-refractivity contribution in [1.82, 2.24) is 5.32 Å². The van der Waals surface area contributed by atoms with E-state index in [-0.39, 0.29) is 5.97 Å². The number of rotatable bonds is 10. The Hall–Kier alpha value is -1.00. The van der Waals surface area contributed by atoms with Crippen molar-refractivity contribution in [2.24, 2.45) is 0 Å². The van der Waals surface area contributed by atoms with E-state index in [0.717, 1.165) is 25.0 Å². The summed E-state index contributed by atoms with van der Waals surface area (Å²) in [5.41, 5.74) is 1.32. The van der Waals surface area contributed by atoms with Gasteiger partial charge in [0.2, 0.25) is 0 Å². The summed E-state index contributed by atoms with van der Waals surface area (Å²) in [6.07, 6.45) is 3.70. The highest BCUT2D eigenvalue weighted by atomic mass is 32.2. The Balaban J connectivity index is 2.14. The molecule has 0 spiro atoms. The van der Waals surface area contributed by atoms with Crippen molar-refractivity contribution in [3.05, 3.63) is 29.8 Å². The first-order valence-corrected chi connectivity index (χ1v) is 8.71. The lowest BCUT2D eigenvalue weighted by Crippen LogP contribution is -2.11. The maximum atomic E-state index is 11.2. The molecule has 1 atom stereocenters. The highest BCUT2D eigenvalue weighted by molar-refractivity contribution is 7.99. The molecule has 118 valence electrons. The lowest BCUT2D eigenvalue weighted by atomic mass is 10.1. The molecule has 0 saturated carbocycles. The van der Waals surface area contributed by atoms with Gasteiger partial charge in [-0.1, -0.05) is 18.6 Å². The van der Waals surface area contributed by atoms with Crippen molar-refractivity contribution < 1.29 is 9.53 Å². The van der Waals surface area contributed by atoms with Crippen molar-refractivity contribution in [2.75, 3.05) is 19.4 Å². The minimum absolute atomic E-state index is 0.0700. The first-order chi connectivity index (χ1) is 10.2. The molecule has 0 bridgehead atoms. The Morgan fingerprint density at radius 1 is 1.24 bits per heavy atom. The third-order valence-corrected chi connectivity index (χ3v) is 4.51. The first kappa shape index (κ1) is 18.1. The Morgan fingerprint density at radius 3 is 2.57 bits per heavy atom. The van der Waals surface area contributed by atoms with Gasteiger partial charge >= 0.3 is 5.97 Å². The molecule has 4 heteroatoms. The van der Waals surface area contributed by atoms with Gasteiger partial charge in [-0.2, -0.15) is 0 Å². The van der Waals surface area contributed by atoms with Crippen LogP contribution in [0.1, 0.15) is 51.1 Å². The Labute approximate surface area is 132 Å². The summed E-state index contributed by atoms with van der Waals surface area (Å²) in [6.45, 7) is 4.49. The molecule has 0 saturated heterocycles. The first-order valence-electron chi connectivity index (χ1n) is 7.73. The SMILES string of the molecule is CCOC(=O)CCCCCSc1ccc(C(C)NC)cc1. The highest BCUT2D eigenvalue weighted by Gasteiger charge is 2.03. The third kappa shape index (κ3) is 7.53. The Kier molecular flexibility index (Phi) is 9.19. The maximum absolute atomic E-state index is 11.2. The molecule has 0 aliphatic heterocycles. The summed E-state index contributed by atoms with van der Waals surface area (Å²) in [7, 11) is 1.98. The van der Waals surface area contributed by atoms with Gasteiger partial charge in [0.15, 0.2) is 0 Å². The Morgan fingerprint density at radius 2 is 1.95 bits per heavy atom. The van der Waals surface area contributed by atoms with E-state index in [1.165, 1.54) is 10.5 Å².